The summed E-state index contributed by atoms with van der Waals surface area (Å²) in [6.45, 7) is 7.10. The second kappa shape index (κ2) is 6.49. The average Bonchev–Trinajstić information content (AvgIpc) is 2.18. The lowest BCUT2D eigenvalue weighted by atomic mass is 9.86. The molecule has 0 aromatic rings. The lowest BCUT2D eigenvalue weighted by Gasteiger charge is -2.35. The molecule has 1 N–H and O–H groups in total. The molecule has 3 atom stereocenters. The minimum absolute atomic E-state index is 0.761. The van der Waals surface area contributed by atoms with E-state index < -0.39 is 0 Å². The van der Waals surface area contributed by atoms with Crippen molar-refractivity contribution in [1.82, 2.24) is 10.2 Å². The molecule has 15 heavy (non-hydrogen) atoms. The van der Waals surface area contributed by atoms with Crippen molar-refractivity contribution in [3.05, 3.63) is 0 Å². The first-order chi connectivity index (χ1) is 7.13. The van der Waals surface area contributed by atoms with E-state index in [1.165, 1.54) is 32.2 Å². The van der Waals surface area contributed by atoms with E-state index >= 15 is 0 Å². The second-order valence-corrected chi connectivity index (χ2v) is 5.53. The van der Waals surface area contributed by atoms with Crippen molar-refractivity contribution in [3.63, 3.8) is 0 Å². The summed E-state index contributed by atoms with van der Waals surface area (Å²) in [6, 6.07) is 0.841. The summed E-state index contributed by atoms with van der Waals surface area (Å²) >= 11 is 0. The van der Waals surface area contributed by atoms with Gasteiger partial charge in [0.2, 0.25) is 0 Å². The lowest BCUT2D eigenvalue weighted by molar-refractivity contribution is 0.147. The molecule has 0 amide bonds. The van der Waals surface area contributed by atoms with Crippen molar-refractivity contribution in [2.75, 3.05) is 27.2 Å². The second-order valence-electron chi connectivity index (χ2n) is 5.53. The summed E-state index contributed by atoms with van der Waals surface area (Å²) in [6.07, 6.45) is 5.68. The fourth-order valence-corrected chi connectivity index (χ4v) is 2.86. The molecule has 0 aromatic carbocycles. The molecule has 1 saturated carbocycles. The minimum atomic E-state index is 0.761. The Morgan fingerprint density at radius 3 is 2.73 bits per heavy atom. The molecule has 3 unspecified atom stereocenters. The van der Waals surface area contributed by atoms with Crippen LogP contribution in [0.5, 0.6) is 0 Å². The Bertz CT molecular complexity index is 170. The Labute approximate surface area is 95.4 Å². The van der Waals surface area contributed by atoms with E-state index in [9.17, 15) is 0 Å². The van der Waals surface area contributed by atoms with Crippen LogP contribution >= 0.6 is 0 Å². The van der Waals surface area contributed by atoms with Crippen molar-refractivity contribution >= 4 is 0 Å². The third-order valence-electron chi connectivity index (χ3n) is 3.68. The Balaban J connectivity index is 2.28. The SMILES string of the molecule is CNCC(C)CN(C)C1CCCC(C)C1. The molecular weight excluding hydrogens is 184 g/mol. The molecular formula is C13H28N2. The zero-order chi connectivity index (χ0) is 11.3. The van der Waals surface area contributed by atoms with Gasteiger partial charge in [0.1, 0.15) is 0 Å². The monoisotopic (exact) mass is 212 g/mol. The van der Waals surface area contributed by atoms with Crippen LogP contribution in [0.1, 0.15) is 39.5 Å². The van der Waals surface area contributed by atoms with Crippen LogP contribution in [-0.2, 0) is 0 Å². The van der Waals surface area contributed by atoms with Gasteiger partial charge in [-0.3, -0.25) is 0 Å². The van der Waals surface area contributed by atoms with Crippen molar-refractivity contribution in [2.24, 2.45) is 11.8 Å². The molecule has 1 aliphatic rings. The molecule has 0 saturated heterocycles. The maximum Gasteiger partial charge on any atom is 0.00948 e. The molecule has 2 nitrogen and oxygen atoms in total. The molecule has 0 bridgehead atoms. The standard InChI is InChI=1S/C13H28N2/c1-11-6-5-7-13(8-11)15(4)10-12(2)9-14-3/h11-14H,5-10H2,1-4H3. The first-order valence-corrected chi connectivity index (χ1v) is 6.48. The Morgan fingerprint density at radius 1 is 1.40 bits per heavy atom. The fourth-order valence-electron chi connectivity index (χ4n) is 2.86. The first kappa shape index (κ1) is 13.0. The predicted octanol–water partition coefficient (Wildman–Crippen LogP) is 2.35. The van der Waals surface area contributed by atoms with Gasteiger partial charge in [0.05, 0.1) is 0 Å². The maximum atomic E-state index is 3.26. The number of hydrogen-bond donors (Lipinski definition) is 1. The van der Waals surface area contributed by atoms with Crippen molar-refractivity contribution in [2.45, 2.75) is 45.6 Å². The van der Waals surface area contributed by atoms with Crippen LogP contribution < -0.4 is 5.32 Å². The van der Waals surface area contributed by atoms with Gasteiger partial charge < -0.3 is 10.2 Å². The zero-order valence-electron chi connectivity index (χ0n) is 10.9. The molecule has 0 aliphatic heterocycles. The summed E-state index contributed by atoms with van der Waals surface area (Å²) in [5.74, 6) is 1.70. The average molecular weight is 212 g/mol. The van der Waals surface area contributed by atoms with Crippen LogP contribution in [-0.4, -0.2) is 38.1 Å². The molecule has 0 spiro atoms. The van der Waals surface area contributed by atoms with E-state index in [1.807, 2.05) is 7.05 Å². The molecule has 0 radical (unpaired) electrons. The Morgan fingerprint density at radius 2 is 2.13 bits per heavy atom. The smallest absolute Gasteiger partial charge is 0.00948 e. The first-order valence-electron chi connectivity index (χ1n) is 6.48. The van der Waals surface area contributed by atoms with Crippen LogP contribution in [0.3, 0.4) is 0 Å². The van der Waals surface area contributed by atoms with E-state index in [4.69, 9.17) is 0 Å². The number of hydrogen-bond acceptors (Lipinski definition) is 2. The molecule has 2 heteroatoms. The van der Waals surface area contributed by atoms with E-state index in [2.05, 4.69) is 31.1 Å². The third-order valence-corrected chi connectivity index (χ3v) is 3.68. The van der Waals surface area contributed by atoms with Gasteiger partial charge >= 0.3 is 0 Å². The van der Waals surface area contributed by atoms with E-state index in [0.29, 0.717) is 0 Å². The van der Waals surface area contributed by atoms with E-state index in [0.717, 1.165) is 24.4 Å². The van der Waals surface area contributed by atoms with Crippen molar-refractivity contribution in [3.8, 4) is 0 Å². The maximum absolute atomic E-state index is 3.26. The van der Waals surface area contributed by atoms with Gasteiger partial charge in [0, 0.05) is 12.6 Å². The lowest BCUT2D eigenvalue weighted by Crippen LogP contribution is -2.39. The number of nitrogens with one attached hydrogen (secondary N) is 1. The predicted molar refractivity (Wildman–Crippen MR) is 67.1 cm³/mol. The van der Waals surface area contributed by atoms with Crippen LogP contribution in [0.2, 0.25) is 0 Å². The Hall–Kier alpha value is -0.0800. The Kier molecular flexibility index (Phi) is 5.62. The largest absolute Gasteiger partial charge is 0.319 e. The van der Waals surface area contributed by atoms with Crippen LogP contribution in [0, 0.1) is 11.8 Å². The van der Waals surface area contributed by atoms with Crippen molar-refractivity contribution < 1.29 is 0 Å². The normalized spacial score (nSPS) is 29.4. The van der Waals surface area contributed by atoms with Crippen LogP contribution in [0.15, 0.2) is 0 Å². The van der Waals surface area contributed by atoms with Crippen molar-refractivity contribution in [1.29, 1.82) is 0 Å². The molecule has 90 valence electrons. The van der Waals surface area contributed by atoms with Crippen LogP contribution in [0.4, 0.5) is 0 Å². The molecule has 1 fully saturated rings. The molecule has 1 rings (SSSR count). The number of nitrogens with zero attached hydrogens (tertiary/aromatic N) is 1. The van der Waals surface area contributed by atoms with Gasteiger partial charge in [-0.05, 0) is 45.3 Å². The summed E-state index contributed by atoms with van der Waals surface area (Å²) in [4.78, 5) is 2.58. The van der Waals surface area contributed by atoms with Gasteiger partial charge in [0.25, 0.3) is 0 Å². The van der Waals surface area contributed by atoms with Gasteiger partial charge in [0.15, 0.2) is 0 Å². The van der Waals surface area contributed by atoms with Crippen LogP contribution in [0.25, 0.3) is 0 Å². The number of rotatable bonds is 5. The van der Waals surface area contributed by atoms with E-state index in [1.54, 1.807) is 0 Å². The van der Waals surface area contributed by atoms with Gasteiger partial charge in [-0.15, -0.1) is 0 Å². The quantitative estimate of drug-likeness (QED) is 0.752. The molecule has 0 aromatic heterocycles. The highest BCUT2D eigenvalue weighted by atomic mass is 15.1. The third kappa shape index (κ3) is 4.52. The zero-order valence-corrected chi connectivity index (χ0v) is 10.9. The topological polar surface area (TPSA) is 15.3 Å². The summed E-state index contributed by atoms with van der Waals surface area (Å²) in [5.41, 5.74) is 0. The van der Waals surface area contributed by atoms with Gasteiger partial charge in [-0.2, -0.15) is 0 Å². The van der Waals surface area contributed by atoms with E-state index in [-0.39, 0.29) is 0 Å². The molecule has 1 aliphatic carbocycles. The minimum Gasteiger partial charge on any atom is -0.319 e. The fraction of sp³-hybridized carbons (Fsp3) is 1.00. The highest BCUT2D eigenvalue weighted by molar-refractivity contribution is 4.78. The van der Waals surface area contributed by atoms with Gasteiger partial charge in [-0.25, -0.2) is 0 Å². The van der Waals surface area contributed by atoms with Gasteiger partial charge in [-0.1, -0.05) is 26.7 Å². The highest BCUT2D eigenvalue weighted by Crippen LogP contribution is 2.26. The summed E-state index contributed by atoms with van der Waals surface area (Å²) in [5, 5.41) is 3.26. The summed E-state index contributed by atoms with van der Waals surface area (Å²) < 4.78 is 0. The molecule has 0 heterocycles. The summed E-state index contributed by atoms with van der Waals surface area (Å²) in [7, 11) is 4.34. The highest BCUT2D eigenvalue weighted by Gasteiger charge is 2.22.